The maximum Gasteiger partial charge on any atom is 0.232 e. The lowest BCUT2D eigenvalue weighted by Gasteiger charge is -2.43. The van der Waals surface area contributed by atoms with Gasteiger partial charge in [-0.2, -0.15) is 0 Å². The molecule has 12 heteroatoms. The maximum absolute atomic E-state index is 13.4. The van der Waals surface area contributed by atoms with Gasteiger partial charge >= 0.3 is 0 Å². The second-order valence-electron chi connectivity index (χ2n) is 12.7. The highest BCUT2D eigenvalue weighted by atomic mass is 35.5. The minimum Gasteiger partial charge on any atom is -0.474 e. The van der Waals surface area contributed by atoms with Crippen molar-refractivity contribution >= 4 is 51.9 Å². The number of aliphatic hydroxyl groups excluding tert-OH is 1. The van der Waals surface area contributed by atoms with Gasteiger partial charge in [0, 0.05) is 50.6 Å². The summed E-state index contributed by atoms with van der Waals surface area (Å²) in [5, 5.41) is 8.32. The van der Waals surface area contributed by atoms with E-state index in [0.717, 1.165) is 50.4 Å². The molecule has 1 aliphatic carbocycles. The van der Waals surface area contributed by atoms with E-state index in [4.69, 9.17) is 38.0 Å². The average Bonchev–Trinajstić information content (AvgIpc) is 3.43. The Morgan fingerprint density at radius 3 is 2.47 bits per heavy atom. The van der Waals surface area contributed by atoms with Gasteiger partial charge < -0.3 is 29.1 Å². The van der Waals surface area contributed by atoms with Gasteiger partial charge in [-0.15, -0.1) is 0 Å². The predicted molar refractivity (Wildman–Crippen MR) is 187 cm³/mol. The molecule has 4 aromatic rings. The summed E-state index contributed by atoms with van der Waals surface area (Å²) in [6.45, 7) is 3.09. The van der Waals surface area contributed by atoms with Crippen LogP contribution in [0.1, 0.15) is 36.0 Å². The Hall–Kier alpha value is -3.70. The van der Waals surface area contributed by atoms with Crippen LogP contribution >= 0.6 is 23.2 Å². The summed E-state index contributed by atoms with van der Waals surface area (Å²) in [6, 6.07) is 11.7. The molecule has 0 amide bonds. The molecule has 0 radical (unpaired) electrons. The molecule has 3 aromatic heterocycles. The Balaban J connectivity index is 0.00000190. The molecule has 1 aromatic carbocycles. The van der Waals surface area contributed by atoms with Gasteiger partial charge in [0.15, 0.2) is 11.7 Å². The van der Waals surface area contributed by atoms with E-state index in [2.05, 4.69) is 33.8 Å². The van der Waals surface area contributed by atoms with Crippen LogP contribution in [0.5, 0.6) is 5.88 Å². The molecule has 0 bridgehead atoms. The third kappa shape index (κ3) is 6.56. The van der Waals surface area contributed by atoms with E-state index in [0.29, 0.717) is 57.6 Å². The standard InChI is InChI=1S/C34H36Cl2N6O3.CH4O/c1-39(2)26-17-40(18-26)32-9-8-24(14-38-32)41-16-23(19-43)33(44)27-12-29(36)31(13-30(27)41)42-15-22(21-5-3-6-21)11-25(42)20-45-34-28(35)7-4-10-37-34;1-2/h4,7-10,12-14,16,19,21-22,25-26H,3,5-6,11,15,17-18,20H2,1-2H3;2H,1H3. The monoisotopic (exact) mass is 678 g/mol. The number of rotatable bonds is 9. The van der Waals surface area contributed by atoms with Crippen molar-refractivity contribution in [3.05, 3.63) is 80.8 Å². The topological polar surface area (TPSA) is 104 Å². The molecule has 3 fully saturated rings. The first-order valence-corrected chi connectivity index (χ1v) is 16.7. The van der Waals surface area contributed by atoms with E-state index < -0.39 is 0 Å². The number of halogens is 2. The Morgan fingerprint density at radius 1 is 1.04 bits per heavy atom. The van der Waals surface area contributed by atoms with Crippen LogP contribution in [0.2, 0.25) is 10.0 Å². The van der Waals surface area contributed by atoms with Crippen molar-refractivity contribution in [1.29, 1.82) is 0 Å². The summed E-state index contributed by atoms with van der Waals surface area (Å²) in [4.78, 5) is 41.2. The van der Waals surface area contributed by atoms with Crippen LogP contribution in [-0.2, 0) is 0 Å². The lowest BCUT2D eigenvalue weighted by Crippen LogP contribution is -2.57. The first-order valence-electron chi connectivity index (χ1n) is 16.0. The molecule has 248 valence electrons. The van der Waals surface area contributed by atoms with E-state index in [9.17, 15) is 9.59 Å². The van der Waals surface area contributed by atoms with Gasteiger partial charge in [0.05, 0.1) is 39.7 Å². The average molecular weight is 680 g/mol. The first-order chi connectivity index (χ1) is 22.8. The lowest BCUT2D eigenvalue weighted by molar-refractivity contribution is 0.112. The number of nitrogens with zero attached hydrogens (tertiary/aromatic N) is 6. The number of likely N-dealkylation sites (N-methyl/N-ethyl adjacent to an activating group) is 1. The molecule has 5 heterocycles. The minimum atomic E-state index is -0.344. The van der Waals surface area contributed by atoms with Crippen LogP contribution in [0, 0.1) is 11.8 Å². The third-order valence-corrected chi connectivity index (χ3v) is 10.5. The number of hydrogen-bond donors (Lipinski definition) is 1. The van der Waals surface area contributed by atoms with Crippen molar-refractivity contribution in [3.63, 3.8) is 0 Å². The first kappa shape index (κ1) is 33.2. The van der Waals surface area contributed by atoms with Gasteiger partial charge in [-0.3, -0.25) is 9.59 Å². The maximum atomic E-state index is 13.4. The summed E-state index contributed by atoms with van der Waals surface area (Å²) >= 11 is 13.3. The van der Waals surface area contributed by atoms with E-state index in [1.54, 1.807) is 36.8 Å². The van der Waals surface area contributed by atoms with Crippen molar-refractivity contribution < 1.29 is 14.6 Å². The van der Waals surface area contributed by atoms with Gasteiger partial charge in [0.2, 0.25) is 5.88 Å². The van der Waals surface area contributed by atoms with E-state index in [1.807, 2.05) is 22.8 Å². The second-order valence-corrected chi connectivity index (χ2v) is 13.5. The quantitative estimate of drug-likeness (QED) is 0.235. The number of hydrogen-bond acceptors (Lipinski definition) is 9. The Morgan fingerprint density at radius 2 is 1.83 bits per heavy atom. The summed E-state index contributed by atoms with van der Waals surface area (Å²) in [5.41, 5.74) is 1.97. The van der Waals surface area contributed by atoms with Gasteiger partial charge in [0.1, 0.15) is 17.4 Å². The van der Waals surface area contributed by atoms with Crippen molar-refractivity contribution in [2.45, 2.75) is 37.8 Å². The van der Waals surface area contributed by atoms with Crippen molar-refractivity contribution in [2.75, 3.05) is 57.2 Å². The smallest absolute Gasteiger partial charge is 0.232 e. The van der Waals surface area contributed by atoms with Gasteiger partial charge in [-0.05, 0) is 68.8 Å². The normalized spacial score (nSPS) is 19.7. The van der Waals surface area contributed by atoms with Crippen molar-refractivity contribution in [1.82, 2.24) is 19.4 Å². The Labute approximate surface area is 284 Å². The summed E-state index contributed by atoms with van der Waals surface area (Å²) < 4.78 is 8.02. The highest BCUT2D eigenvalue weighted by Crippen LogP contribution is 2.44. The van der Waals surface area contributed by atoms with Gasteiger partial charge in [0.25, 0.3) is 0 Å². The molecule has 1 N–H and O–H groups in total. The van der Waals surface area contributed by atoms with E-state index in [-0.39, 0.29) is 17.0 Å². The molecule has 2 unspecified atom stereocenters. The number of aromatic nitrogens is 3. The third-order valence-electron chi connectivity index (χ3n) is 9.86. The lowest BCUT2D eigenvalue weighted by atomic mass is 9.75. The van der Waals surface area contributed by atoms with E-state index in [1.165, 1.54) is 19.3 Å². The fourth-order valence-corrected chi connectivity index (χ4v) is 7.31. The number of ether oxygens (including phenoxy) is 1. The molecule has 3 aliphatic rings. The SMILES string of the molecule is CN(C)C1CN(c2ccc(-n3cc(C=O)c(=O)c4cc(Cl)c(N5CC(C6CCC6)CC5COc5ncccc5Cl)cc43)cn2)C1.CO. The summed E-state index contributed by atoms with van der Waals surface area (Å²) in [7, 11) is 5.18. The number of aliphatic hydroxyl groups is 1. The van der Waals surface area contributed by atoms with Crippen molar-refractivity contribution in [3.8, 4) is 11.6 Å². The van der Waals surface area contributed by atoms with Gasteiger partial charge in [-0.1, -0.05) is 42.5 Å². The number of benzene rings is 1. The molecule has 47 heavy (non-hydrogen) atoms. The number of aldehydes is 1. The zero-order valence-corrected chi connectivity index (χ0v) is 28.4. The number of carbonyl (C=O) groups excluding carboxylic acids is 1. The molecule has 2 atom stereocenters. The zero-order chi connectivity index (χ0) is 33.2. The predicted octanol–water partition coefficient (Wildman–Crippen LogP) is 5.33. The molecule has 10 nitrogen and oxygen atoms in total. The van der Waals surface area contributed by atoms with E-state index >= 15 is 0 Å². The van der Waals surface area contributed by atoms with Crippen LogP contribution < -0.4 is 20.0 Å². The Bertz CT molecular complexity index is 1790. The summed E-state index contributed by atoms with van der Waals surface area (Å²) in [6.07, 6.45) is 10.4. The Kier molecular flexibility index (Phi) is 10.0. The van der Waals surface area contributed by atoms with Crippen LogP contribution in [0.4, 0.5) is 11.5 Å². The minimum absolute atomic E-state index is 0.0431. The molecule has 2 aliphatic heterocycles. The molecule has 7 rings (SSSR count). The summed E-state index contributed by atoms with van der Waals surface area (Å²) in [5.74, 6) is 2.52. The second kappa shape index (κ2) is 14.2. The number of pyridine rings is 3. The molecule has 1 saturated carbocycles. The highest BCUT2D eigenvalue weighted by Gasteiger charge is 2.40. The molecule has 2 saturated heterocycles. The van der Waals surface area contributed by atoms with Gasteiger partial charge in [-0.25, -0.2) is 9.97 Å². The molecule has 0 spiro atoms. The number of anilines is 2. The fraction of sp³-hybridized carbons (Fsp3) is 0.429. The van der Waals surface area contributed by atoms with Crippen molar-refractivity contribution in [2.24, 2.45) is 11.8 Å². The van der Waals surface area contributed by atoms with Crippen LogP contribution in [-0.4, -0.2) is 90.4 Å². The van der Waals surface area contributed by atoms with Crippen LogP contribution in [0.15, 0.2) is 59.8 Å². The highest BCUT2D eigenvalue weighted by molar-refractivity contribution is 6.34. The van der Waals surface area contributed by atoms with Crippen LogP contribution in [0.3, 0.4) is 0 Å². The van der Waals surface area contributed by atoms with Crippen LogP contribution in [0.25, 0.3) is 16.6 Å². The molecular formula is C35H40Cl2N6O4. The fourth-order valence-electron chi connectivity index (χ4n) is 6.86. The number of fused-ring (bicyclic) bond motifs is 1. The largest absolute Gasteiger partial charge is 0.474 e. The zero-order valence-electron chi connectivity index (χ0n) is 26.9. The number of carbonyl (C=O) groups is 1. The molecular weight excluding hydrogens is 639 g/mol.